The molecule has 1 amide bonds. The lowest BCUT2D eigenvalue weighted by molar-refractivity contribution is -0.141. The maximum Gasteiger partial charge on any atom is 0.310 e. The first-order valence-corrected chi connectivity index (χ1v) is 13.7. The van der Waals surface area contributed by atoms with Crippen LogP contribution in [-0.4, -0.2) is 82.2 Å². The topological polar surface area (TPSA) is 128 Å². The van der Waals surface area contributed by atoms with Crippen LogP contribution in [0.2, 0.25) is 0 Å². The van der Waals surface area contributed by atoms with Crippen LogP contribution in [0.5, 0.6) is 28.7 Å². The molecule has 0 bridgehead atoms. The van der Waals surface area contributed by atoms with Gasteiger partial charge in [-0.05, 0) is 54.0 Å². The number of rotatable bonds is 11. The molecule has 1 aliphatic carbocycles. The van der Waals surface area contributed by atoms with Gasteiger partial charge in [0.15, 0.2) is 23.0 Å². The standard InChI is InChI=1S/C29H37N3O8/c1-5-32(6-2)8-7-30-13-24(33)31-27-18-12-21-20(39-15-40-21)11-17(18)25(26-19(27)14-38-29(26)35)16-9-22(36-3)28(34)23(10-16)37-4/h9-12,19,25-27,30,34H,5-8,13-15H2,1-4H3,(H,31,33). The molecule has 2 aromatic rings. The number of cyclic esters (lactones) is 1. The van der Waals surface area contributed by atoms with Crippen molar-refractivity contribution < 1.29 is 38.4 Å². The summed E-state index contributed by atoms with van der Waals surface area (Å²) in [5.41, 5.74) is 2.35. The zero-order valence-electron chi connectivity index (χ0n) is 23.3. The smallest absolute Gasteiger partial charge is 0.310 e. The van der Waals surface area contributed by atoms with Gasteiger partial charge in [0, 0.05) is 24.9 Å². The third-order valence-electron chi connectivity index (χ3n) is 8.15. The lowest BCUT2D eigenvalue weighted by Gasteiger charge is -2.39. The number of nitrogens with zero attached hydrogens (tertiary/aromatic N) is 1. The summed E-state index contributed by atoms with van der Waals surface area (Å²) in [6.45, 7) is 8.08. The summed E-state index contributed by atoms with van der Waals surface area (Å²) in [6, 6.07) is 6.70. The van der Waals surface area contributed by atoms with Crippen molar-refractivity contribution >= 4 is 11.9 Å². The van der Waals surface area contributed by atoms with E-state index < -0.39 is 17.9 Å². The molecule has 2 aromatic carbocycles. The first-order chi connectivity index (χ1) is 19.4. The second-order valence-corrected chi connectivity index (χ2v) is 10.2. The Balaban J connectivity index is 1.50. The number of phenolic OH excluding ortho intramolecular Hbond substituents is 1. The second kappa shape index (κ2) is 11.8. The molecule has 0 radical (unpaired) electrons. The first-order valence-electron chi connectivity index (χ1n) is 13.7. The molecule has 2 aliphatic heterocycles. The van der Waals surface area contributed by atoms with Gasteiger partial charge in [-0.15, -0.1) is 0 Å². The van der Waals surface area contributed by atoms with Crippen LogP contribution >= 0.6 is 0 Å². The summed E-state index contributed by atoms with van der Waals surface area (Å²) >= 11 is 0. The largest absolute Gasteiger partial charge is 0.502 e. The maximum atomic E-state index is 13.3. The summed E-state index contributed by atoms with van der Waals surface area (Å²) in [5, 5.41) is 16.9. The lowest BCUT2D eigenvalue weighted by Crippen LogP contribution is -2.45. The van der Waals surface area contributed by atoms with E-state index in [1.165, 1.54) is 14.2 Å². The molecule has 4 atom stereocenters. The van der Waals surface area contributed by atoms with Crippen molar-refractivity contribution in [3.63, 3.8) is 0 Å². The SMILES string of the molecule is CCN(CC)CCNCC(=O)NC1c2cc3c(cc2C(c2cc(OC)c(O)c(OC)c2)C2C(=O)OCC12)OCO3. The summed E-state index contributed by atoms with van der Waals surface area (Å²) in [5.74, 6) is -0.417. The van der Waals surface area contributed by atoms with Gasteiger partial charge >= 0.3 is 5.97 Å². The highest BCUT2D eigenvalue weighted by atomic mass is 16.7. The third-order valence-corrected chi connectivity index (χ3v) is 8.15. The molecule has 2 heterocycles. The summed E-state index contributed by atoms with van der Waals surface area (Å²) < 4.78 is 27.8. The van der Waals surface area contributed by atoms with Crippen LogP contribution in [-0.2, 0) is 14.3 Å². The maximum absolute atomic E-state index is 13.3. The average Bonchev–Trinajstić information content (AvgIpc) is 3.58. The minimum absolute atomic E-state index is 0.0894. The highest BCUT2D eigenvalue weighted by molar-refractivity contribution is 5.81. The second-order valence-electron chi connectivity index (χ2n) is 10.2. The van der Waals surface area contributed by atoms with Gasteiger partial charge in [-0.3, -0.25) is 9.59 Å². The molecular formula is C29H37N3O8. The predicted molar refractivity (Wildman–Crippen MR) is 145 cm³/mol. The Morgan fingerprint density at radius 3 is 2.30 bits per heavy atom. The number of esters is 1. The van der Waals surface area contributed by atoms with Crippen molar-refractivity contribution in [1.82, 2.24) is 15.5 Å². The van der Waals surface area contributed by atoms with E-state index in [2.05, 4.69) is 29.4 Å². The average molecular weight is 556 g/mol. The Morgan fingerprint density at radius 1 is 1.02 bits per heavy atom. The van der Waals surface area contributed by atoms with Crippen molar-refractivity contribution in [2.75, 3.05) is 60.3 Å². The van der Waals surface area contributed by atoms with Gasteiger partial charge in [-0.2, -0.15) is 0 Å². The van der Waals surface area contributed by atoms with Gasteiger partial charge in [0.25, 0.3) is 0 Å². The Labute approximate surface area is 233 Å². The van der Waals surface area contributed by atoms with E-state index in [0.29, 0.717) is 23.6 Å². The molecule has 40 heavy (non-hydrogen) atoms. The van der Waals surface area contributed by atoms with E-state index in [-0.39, 0.29) is 55.0 Å². The highest BCUT2D eigenvalue weighted by Gasteiger charge is 2.53. The number of hydrogen-bond acceptors (Lipinski definition) is 10. The molecule has 3 aliphatic rings. The summed E-state index contributed by atoms with van der Waals surface area (Å²) in [7, 11) is 2.92. The highest BCUT2D eigenvalue weighted by Crippen LogP contribution is 2.55. The number of amides is 1. The Kier molecular flexibility index (Phi) is 8.22. The molecule has 1 saturated heterocycles. The molecule has 4 unspecified atom stereocenters. The van der Waals surface area contributed by atoms with Gasteiger partial charge in [0.1, 0.15) is 0 Å². The molecule has 0 spiro atoms. The third kappa shape index (κ3) is 5.11. The molecule has 216 valence electrons. The van der Waals surface area contributed by atoms with Gasteiger partial charge in [-0.25, -0.2) is 0 Å². The van der Waals surface area contributed by atoms with Crippen molar-refractivity contribution in [3.05, 3.63) is 41.0 Å². The van der Waals surface area contributed by atoms with E-state index >= 15 is 0 Å². The number of aromatic hydroxyl groups is 1. The quantitative estimate of drug-likeness (QED) is 0.280. The van der Waals surface area contributed by atoms with Crippen molar-refractivity contribution in [2.24, 2.45) is 11.8 Å². The molecule has 1 fully saturated rings. The van der Waals surface area contributed by atoms with E-state index in [9.17, 15) is 14.7 Å². The van der Waals surface area contributed by atoms with Gasteiger partial charge in [0.05, 0.1) is 39.3 Å². The number of phenols is 1. The van der Waals surface area contributed by atoms with Gasteiger partial charge < -0.3 is 44.3 Å². The number of benzene rings is 2. The fraction of sp³-hybridized carbons (Fsp3) is 0.517. The number of carbonyl (C=O) groups is 2. The van der Waals surface area contributed by atoms with Gasteiger partial charge in [0.2, 0.25) is 18.4 Å². The zero-order valence-corrected chi connectivity index (χ0v) is 23.3. The minimum Gasteiger partial charge on any atom is -0.502 e. The molecule has 0 saturated carbocycles. The van der Waals surface area contributed by atoms with Crippen molar-refractivity contribution in [3.8, 4) is 28.7 Å². The van der Waals surface area contributed by atoms with Crippen LogP contribution in [0.3, 0.4) is 0 Å². The van der Waals surface area contributed by atoms with E-state index in [1.807, 2.05) is 12.1 Å². The van der Waals surface area contributed by atoms with E-state index in [1.54, 1.807) is 12.1 Å². The van der Waals surface area contributed by atoms with Crippen LogP contribution < -0.4 is 29.6 Å². The zero-order chi connectivity index (χ0) is 28.4. The number of hydrogen-bond donors (Lipinski definition) is 3. The van der Waals surface area contributed by atoms with E-state index in [4.69, 9.17) is 23.7 Å². The fourth-order valence-corrected chi connectivity index (χ4v) is 6.04. The predicted octanol–water partition coefficient (Wildman–Crippen LogP) is 2.16. The molecule has 0 aromatic heterocycles. The normalized spacial score (nSPS) is 22.5. The molecule has 11 nitrogen and oxygen atoms in total. The number of likely N-dealkylation sites (N-methyl/N-ethyl adjacent to an activating group) is 1. The van der Waals surface area contributed by atoms with Crippen molar-refractivity contribution in [1.29, 1.82) is 0 Å². The first kappa shape index (κ1) is 27.9. The number of ether oxygens (including phenoxy) is 5. The summed E-state index contributed by atoms with van der Waals surface area (Å²) in [6.07, 6.45) is 0. The molecule has 11 heteroatoms. The van der Waals surface area contributed by atoms with Crippen LogP contribution in [0.15, 0.2) is 24.3 Å². The monoisotopic (exact) mass is 555 g/mol. The molecule has 3 N–H and O–H groups in total. The van der Waals surface area contributed by atoms with Crippen molar-refractivity contribution in [2.45, 2.75) is 25.8 Å². The Bertz CT molecular complexity index is 1240. The number of fused-ring (bicyclic) bond motifs is 3. The number of methoxy groups -OCH3 is 2. The number of carbonyl (C=O) groups excluding carboxylic acids is 2. The lowest BCUT2D eigenvalue weighted by atomic mass is 9.65. The Hall–Kier alpha value is -3.70. The van der Waals surface area contributed by atoms with Crippen LogP contribution in [0.4, 0.5) is 0 Å². The van der Waals surface area contributed by atoms with Crippen LogP contribution in [0.1, 0.15) is 42.5 Å². The number of nitrogens with one attached hydrogen (secondary N) is 2. The Morgan fingerprint density at radius 2 is 1.68 bits per heavy atom. The van der Waals surface area contributed by atoms with E-state index in [0.717, 1.165) is 30.8 Å². The van der Waals surface area contributed by atoms with Crippen LogP contribution in [0.25, 0.3) is 0 Å². The molecule has 5 rings (SSSR count). The summed E-state index contributed by atoms with van der Waals surface area (Å²) in [4.78, 5) is 28.7. The fourth-order valence-electron chi connectivity index (χ4n) is 6.04. The van der Waals surface area contributed by atoms with Crippen LogP contribution in [0, 0.1) is 11.8 Å². The van der Waals surface area contributed by atoms with Gasteiger partial charge in [-0.1, -0.05) is 13.8 Å². The molecular weight excluding hydrogens is 518 g/mol. The minimum atomic E-state index is -0.590.